The Labute approximate surface area is 111 Å². The molecule has 0 spiro atoms. The lowest BCUT2D eigenvalue weighted by Crippen LogP contribution is -2.15. The third-order valence-electron chi connectivity index (χ3n) is 2.96. The molecule has 1 saturated heterocycles. The van der Waals surface area contributed by atoms with Crippen molar-refractivity contribution >= 4 is 27.7 Å². The Balaban J connectivity index is 1.92. The summed E-state index contributed by atoms with van der Waals surface area (Å²) in [6, 6.07) is 3.34. The SMILES string of the molecule is O=C1CC(C(=O)c2cc3c(cc2Br)OCO3)CO1. The van der Waals surface area contributed by atoms with E-state index in [2.05, 4.69) is 15.9 Å². The maximum absolute atomic E-state index is 12.3. The molecule has 0 saturated carbocycles. The van der Waals surface area contributed by atoms with Crippen molar-refractivity contribution in [3.05, 3.63) is 22.2 Å². The van der Waals surface area contributed by atoms with E-state index in [1.807, 2.05) is 0 Å². The van der Waals surface area contributed by atoms with Gasteiger partial charge in [-0.3, -0.25) is 9.59 Å². The largest absolute Gasteiger partial charge is 0.465 e. The van der Waals surface area contributed by atoms with Gasteiger partial charge >= 0.3 is 5.97 Å². The quantitative estimate of drug-likeness (QED) is 0.617. The molecule has 0 N–H and O–H groups in total. The number of fused-ring (bicyclic) bond motifs is 1. The first-order chi connectivity index (χ1) is 8.65. The summed E-state index contributed by atoms with van der Waals surface area (Å²) >= 11 is 3.33. The zero-order chi connectivity index (χ0) is 12.7. The minimum absolute atomic E-state index is 0.119. The van der Waals surface area contributed by atoms with E-state index in [1.54, 1.807) is 12.1 Å². The number of carbonyl (C=O) groups is 2. The van der Waals surface area contributed by atoms with Crippen molar-refractivity contribution in [2.75, 3.05) is 13.4 Å². The average Bonchev–Trinajstić information content (AvgIpc) is 2.95. The highest BCUT2D eigenvalue weighted by Gasteiger charge is 2.32. The fraction of sp³-hybridized carbons (Fsp3) is 0.333. The second-order valence-electron chi connectivity index (χ2n) is 4.13. The molecule has 1 aromatic rings. The second kappa shape index (κ2) is 4.28. The Morgan fingerprint density at radius 3 is 2.61 bits per heavy atom. The van der Waals surface area contributed by atoms with Crippen LogP contribution in [0.1, 0.15) is 16.8 Å². The van der Waals surface area contributed by atoms with E-state index in [4.69, 9.17) is 14.2 Å². The number of hydrogen-bond acceptors (Lipinski definition) is 5. The molecule has 0 amide bonds. The molecule has 1 fully saturated rings. The molecule has 18 heavy (non-hydrogen) atoms. The first-order valence-corrected chi connectivity index (χ1v) is 6.23. The number of ether oxygens (including phenoxy) is 3. The van der Waals surface area contributed by atoms with Crippen LogP contribution >= 0.6 is 15.9 Å². The van der Waals surface area contributed by atoms with Crippen LogP contribution in [0.2, 0.25) is 0 Å². The van der Waals surface area contributed by atoms with Crippen LogP contribution in [0.15, 0.2) is 16.6 Å². The third kappa shape index (κ3) is 1.86. The molecular weight excluding hydrogens is 304 g/mol. The highest BCUT2D eigenvalue weighted by atomic mass is 79.9. The van der Waals surface area contributed by atoms with E-state index in [1.165, 1.54) is 0 Å². The van der Waals surface area contributed by atoms with Gasteiger partial charge in [-0.05, 0) is 28.1 Å². The Kier molecular flexibility index (Phi) is 2.74. The summed E-state index contributed by atoms with van der Waals surface area (Å²) in [5.74, 6) is 0.300. The van der Waals surface area contributed by atoms with Crippen molar-refractivity contribution in [1.29, 1.82) is 0 Å². The smallest absolute Gasteiger partial charge is 0.306 e. The summed E-state index contributed by atoms with van der Waals surface area (Å²) in [5, 5.41) is 0. The Hall–Kier alpha value is -1.56. The molecule has 3 rings (SSSR count). The molecule has 1 atom stereocenters. The van der Waals surface area contributed by atoms with Gasteiger partial charge in [-0.25, -0.2) is 0 Å². The molecule has 94 valence electrons. The lowest BCUT2D eigenvalue weighted by Gasteiger charge is -2.08. The fourth-order valence-corrected chi connectivity index (χ4v) is 2.52. The van der Waals surface area contributed by atoms with Crippen LogP contribution in [0.5, 0.6) is 11.5 Å². The average molecular weight is 313 g/mol. The molecule has 1 aromatic carbocycles. The van der Waals surface area contributed by atoms with E-state index in [0.717, 1.165) is 0 Å². The first-order valence-electron chi connectivity index (χ1n) is 5.44. The van der Waals surface area contributed by atoms with Gasteiger partial charge in [0.2, 0.25) is 6.79 Å². The summed E-state index contributed by atoms with van der Waals surface area (Å²) in [6.45, 7) is 0.309. The Bertz CT molecular complexity index is 540. The van der Waals surface area contributed by atoms with E-state index < -0.39 is 5.92 Å². The molecular formula is C12H9BrO5. The minimum atomic E-state index is -0.408. The van der Waals surface area contributed by atoms with Crippen LogP contribution < -0.4 is 9.47 Å². The maximum atomic E-state index is 12.3. The zero-order valence-corrected chi connectivity index (χ0v) is 10.9. The number of hydrogen-bond donors (Lipinski definition) is 0. The van der Waals surface area contributed by atoms with Crippen LogP contribution in [0.4, 0.5) is 0 Å². The van der Waals surface area contributed by atoms with Crippen molar-refractivity contribution in [1.82, 2.24) is 0 Å². The zero-order valence-electron chi connectivity index (χ0n) is 9.27. The van der Waals surface area contributed by atoms with Crippen LogP contribution in [0.25, 0.3) is 0 Å². The number of benzene rings is 1. The molecule has 0 aromatic heterocycles. The third-order valence-corrected chi connectivity index (χ3v) is 3.61. The number of carbonyl (C=O) groups excluding carboxylic acids is 2. The molecule has 2 aliphatic heterocycles. The van der Waals surface area contributed by atoms with Gasteiger partial charge < -0.3 is 14.2 Å². The summed E-state index contributed by atoms with van der Waals surface area (Å²) in [4.78, 5) is 23.3. The summed E-state index contributed by atoms with van der Waals surface area (Å²) < 4.78 is 15.9. The Morgan fingerprint density at radius 2 is 1.94 bits per heavy atom. The van der Waals surface area contributed by atoms with E-state index >= 15 is 0 Å². The second-order valence-corrected chi connectivity index (χ2v) is 4.99. The molecule has 0 aliphatic carbocycles. The predicted octanol–water partition coefficient (Wildman–Crippen LogP) is 1.92. The molecule has 1 unspecified atom stereocenters. The summed E-state index contributed by atoms with van der Waals surface area (Å²) in [6.07, 6.45) is 0.139. The van der Waals surface area contributed by atoms with E-state index in [-0.39, 0.29) is 31.6 Å². The van der Waals surface area contributed by atoms with Gasteiger partial charge in [0, 0.05) is 10.0 Å². The molecule has 6 heteroatoms. The number of cyclic esters (lactones) is 1. The molecule has 5 nitrogen and oxygen atoms in total. The van der Waals surface area contributed by atoms with Crippen molar-refractivity contribution in [3.8, 4) is 11.5 Å². The van der Waals surface area contributed by atoms with Gasteiger partial charge in [0.05, 0.1) is 12.3 Å². The van der Waals surface area contributed by atoms with Crippen molar-refractivity contribution in [2.24, 2.45) is 5.92 Å². The van der Waals surface area contributed by atoms with Gasteiger partial charge in [-0.15, -0.1) is 0 Å². The number of rotatable bonds is 2. The minimum Gasteiger partial charge on any atom is -0.465 e. The molecule has 0 radical (unpaired) electrons. The van der Waals surface area contributed by atoms with Crippen molar-refractivity contribution in [3.63, 3.8) is 0 Å². The van der Waals surface area contributed by atoms with Crippen LogP contribution in [0.3, 0.4) is 0 Å². The van der Waals surface area contributed by atoms with Crippen LogP contribution in [-0.2, 0) is 9.53 Å². The highest BCUT2D eigenvalue weighted by molar-refractivity contribution is 9.10. The first kappa shape index (κ1) is 11.5. The molecule has 0 bridgehead atoms. The van der Waals surface area contributed by atoms with Crippen molar-refractivity contribution in [2.45, 2.75) is 6.42 Å². The predicted molar refractivity (Wildman–Crippen MR) is 63.7 cm³/mol. The number of esters is 1. The molecule has 2 heterocycles. The van der Waals surface area contributed by atoms with Gasteiger partial charge in [-0.1, -0.05) is 0 Å². The standard InChI is InChI=1S/C12H9BrO5/c13-8-3-10-9(17-5-18-10)2-7(8)12(15)6-1-11(14)16-4-6/h2-3,6H,1,4-5H2. The van der Waals surface area contributed by atoms with Crippen molar-refractivity contribution < 1.29 is 23.8 Å². The monoisotopic (exact) mass is 312 g/mol. The van der Waals surface area contributed by atoms with Gasteiger partial charge in [-0.2, -0.15) is 0 Å². The fourth-order valence-electron chi connectivity index (χ4n) is 2.01. The number of Topliss-reactive ketones (excluding diaryl/α,β-unsaturated/α-hetero) is 1. The summed E-state index contributed by atoms with van der Waals surface area (Å²) in [5.41, 5.74) is 0.488. The van der Waals surface area contributed by atoms with E-state index in [0.29, 0.717) is 21.5 Å². The lowest BCUT2D eigenvalue weighted by atomic mass is 9.96. The Morgan fingerprint density at radius 1 is 1.22 bits per heavy atom. The summed E-state index contributed by atoms with van der Waals surface area (Å²) in [7, 11) is 0. The highest BCUT2D eigenvalue weighted by Crippen LogP contribution is 2.38. The normalized spacial score (nSPS) is 20.9. The number of halogens is 1. The topological polar surface area (TPSA) is 61.8 Å². The van der Waals surface area contributed by atoms with Crippen LogP contribution in [-0.4, -0.2) is 25.2 Å². The van der Waals surface area contributed by atoms with E-state index in [9.17, 15) is 9.59 Å². The van der Waals surface area contributed by atoms with Gasteiger partial charge in [0.1, 0.15) is 6.61 Å². The molecule has 2 aliphatic rings. The van der Waals surface area contributed by atoms with Crippen LogP contribution in [0, 0.1) is 5.92 Å². The lowest BCUT2D eigenvalue weighted by molar-refractivity contribution is -0.137. The number of ketones is 1. The van der Waals surface area contributed by atoms with Gasteiger partial charge in [0.15, 0.2) is 17.3 Å². The van der Waals surface area contributed by atoms with Gasteiger partial charge in [0.25, 0.3) is 0 Å². The maximum Gasteiger partial charge on any atom is 0.306 e.